The number of nitrogens with one attached hydrogen (secondary N) is 1. The Bertz CT molecular complexity index is 397. The van der Waals surface area contributed by atoms with Crippen molar-refractivity contribution in [1.29, 1.82) is 0 Å². The number of ether oxygens (including phenoxy) is 2. The molecule has 0 fully saturated rings. The average Bonchev–Trinajstić information content (AvgIpc) is 2.45. The summed E-state index contributed by atoms with van der Waals surface area (Å²) in [5, 5.41) is 3.34. The minimum Gasteiger partial charge on any atom is -0.475 e. The molecule has 1 heterocycles. The smallest absolute Gasteiger partial charge is 0.221 e. The maximum atomic E-state index is 5.73. The number of hydrogen-bond acceptors (Lipinski definition) is 5. The van der Waals surface area contributed by atoms with Gasteiger partial charge in [-0.2, -0.15) is 4.98 Å². The molecule has 0 aliphatic rings. The van der Waals surface area contributed by atoms with Gasteiger partial charge in [-0.1, -0.05) is 13.8 Å². The van der Waals surface area contributed by atoms with Gasteiger partial charge < -0.3 is 14.8 Å². The van der Waals surface area contributed by atoms with Crippen LogP contribution in [0.4, 0.5) is 5.82 Å². The molecule has 0 bridgehead atoms. The molecule has 0 aliphatic heterocycles. The van der Waals surface area contributed by atoms with E-state index in [4.69, 9.17) is 9.47 Å². The Balaban J connectivity index is 2.80. The number of anilines is 1. The van der Waals surface area contributed by atoms with E-state index in [1.165, 1.54) is 0 Å². The van der Waals surface area contributed by atoms with Crippen LogP contribution < -0.4 is 10.1 Å². The van der Waals surface area contributed by atoms with E-state index >= 15 is 0 Å². The first-order valence-electron chi connectivity index (χ1n) is 7.54. The van der Waals surface area contributed by atoms with Gasteiger partial charge in [0.2, 0.25) is 5.88 Å². The van der Waals surface area contributed by atoms with Crippen molar-refractivity contribution >= 4 is 5.82 Å². The second kappa shape index (κ2) is 9.53. The standard InChI is InChI=1S/C15H27N3O2/c1-5-8-13-17-14(16-9-6-2)12(4)15(18-13)20-11-10-19-7-3/h5-11H2,1-4H3,(H,16,17,18). The minimum atomic E-state index is 0.518. The van der Waals surface area contributed by atoms with E-state index in [-0.39, 0.29) is 0 Å². The first-order chi connectivity index (χ1) is 9.72. The number of rotatable bonds is 10. The second-order valence-corrected chi connectivity index (χ2v) is 4.64. The summed E-state index contributed by atoms with van der Waals surface area (Å²) < 4.78 is 11.0. The van der Waals surface area contributed by atoms with Crippen molar-refractivity contribution in [1.82, 2.24) is 9.97 Å². The van der Waals surface area contributed by atoms with Gasteiger partial charge in [0.05, 0.1) is 12.2 Å². The van der Waals surface area contributed by atoms with Crippen molar-refractivity contribution in [3.8, 4) is 5.88 Å². The van der Waals surface area contributed by atoms with Crippen molar-refractivity contribution in [2.24, 2.45) is 0 Å². The van der Waals surface area contributed by atoms with Crippen molar-refractivity contribution in [2.75, 3.05) is 31.7 Å². The lowest BCUT2D eigenvalue weighted by Gasteiger charge is -2.14. The Hall–Kier alpha value is -1.36. The Labute approximate surface area is 122 Å². The van der Waals surface area contributed by atoms with Crippen LogP contribution in [0.25, 0.3) is 0 Å². The van der Waals surface area contributed by atoms with Crippen LogP contribution in [0.15, 0.2) is 0 Å². The summed E-state index contributed by atoms with van der Waals surface area (Å²) in [7, 11) is 0. The minimum absolute atomic E-state index is 0.518. The normalized spacial score (nSPS) is 10.6. The fraction of sp³-hybridized carbons (Fsp3) is 0.733. The van der Waals surface area contributed by atoms with E-state index in [2.05, 4.69) is 29.1 Å². The average molecular weight is 281 g/mol. The predicted molar refractivity (Wildman–Crippen MR) is 81.5 cm³/mol. The third-order valence-electron chi connectivity index (χ3n) is 2.83. The monoisotopic (exact) mass is 281 g/mol. The molecule has 1 N–H and O–H groups in total. The maximum Gasteiger partial charge on any atom is 0.221 e. The predicted octanol–water partition coefficient (Wildman–Crippen LogP) is 2.97. The highest BCUT2D eigenvalue weighted by Gasteiger charge is 2.11. The highest BCUT2D eigenvalue weighted by molar-refractivity contribution is 5.48. The Morgan fingerprint density at radius 3 is 2.50 bits per heavy atom. The molecule has 20 heavy (non-hydrogen) atoms. The molecule has 5 nitrogen and oxygen atoms in total. The molecule has 1 rings (SSSR count). The summed E-state index contributed by atoms with van der Waals surface area (Å²) >= 11 is 0. The Kier molecular flexibility index (Phi) is 7.95. The molecular weight excluding hydrogens is 254 g/mol. The molecule has 0 radical (unpaired) electrons. The summed E-state index contributed by atoms with van der Waals surface area (Å²) in [4.78, 5) is 9.07. The van der Waals surface area contributed by atoms with E-state index in [0.717, 1.165) is 43.0 Å². The molecule has 0 unspecified atom stereocenters. The van der Waals surface area contributed by atoms with Gasteiger partial charge in [0.15, 0.2) is 0 Å². The van der Waals surface area contributed by atoms with Crippen LogP contribution in [-0.2, 0) is 11.2 Å². The zero-order valence-electron chi connectivity index (χ0n) is 13.2. The topological polar surface area (TPSA) is 56.3 Å². The molecule has 1 aromatic rings. The fourth-order valence-corrected chi connectivity index (χ4v) is 1.77. The van der Waals surface area contributed by atoms with Gasteiger partial charge >= 0.3 is 0 Å². The summed E-state index contributed by atoms with van der Waals surface area (Å²) in [6, 6.07) is 0. The van der Waals surface area contributed by atoms with Crippen molar-refractivity contribution < 1.29 is 9.47 Å². The second-order valence-electron chi connectivity index (χ2n) is 4.64. The van der Waals surface area contributed by atoms with Gasteiger partial charge in [-0.15, -0.1) is 0 Å². The fourth-order valence-electron chi connectivity index (χ4n) is 1.77. The van der Waals surface area contributed by atoms with Crippen LogP contribution in [0.2, 0.25) is 0 Å². The van der Waals surface area contributed by atoms with Crippen LogP contribution in [0.1, 0.15) is 45.0 Å². The van der Waals surface area contributed by atoms with E-state index in [1.54, 1.807) is 0 Å². The first kappa shape index (κ1) is 16.7. The van der Waals surface area contributed by atoms with E-state index in [9.17, 15) is 0 Å². The zero-order chi connectivity index (χ0) is 14.8. The lowest BCUT2D eigenvalue weighted by molar-refractivity contribution is 0.108. The van der Waals surface area contributed by atoms with Crippen LogP contribution in [0, 0.1) is 6.92 Å². The number of nitrogens with zero attached hydrogens (tertiary/aromatic N) is 2. The van der Waals surface area contributed by atoms with Crippen LogP contribution in [0.3, 0.4) is 0 Å². The van der Waals surface area contributed by atoms with E-state index in [1.807, 2.05) is 13.8 Å². The Morgan fingerprint density at radius 2 is 1.85 bits per heavy atom. The number of aromatic nitrogens is 2. The summed E-state index contributed by atoms with van der Waals surface area (Å²) in [5.41, 5.74) is 0.967. The van der Waals surface area contributed by atoms with Crippen LogP contribution in [0.5, 0.6) is 5.88 Å². The molecule has 0 saturated carbocycles. The molecule has 0 amide bonds. The van der Waals surface area contributed by atoms with Gasteiger partial charge in [0, 0.05) is 19.6 Å². The molecule has 5 heteroatoms. The van der Waals surface area contributed by atoms with Crippen molar-refractivity contribution in [3.63, 3.8) is 0 Å². The third-order valence-corrected chi connectivity index (χ3v) is 2.83. The maximum absolute atomic E-state index is 5.73. The molecule has 0 spiro atoms. The highest BCUT2D eigenvalue weighted by Crippen LogP contribution is 2.22. The molecule has 0 saturated heterocycles. The van der Waals surface area contributed by atoms with Gasteiger partial charge in [0.25, 0.3) is 0 Å². The third kappa shape index (κ3) is 5.33. The lowest BCUT2D eigenvalue weighted by atomic mass is 10.2. The molecule has 1 aromatic heterocycles. The summed E-state index contributed by atoms with van der Waals surface area (Å²) in [6.07, 6.45) is 2.95. The number of hydrogen-bond donors (Lipinski definition) is 1. The Morgan fingerprint density at radius 1 is 1.05 bits per heavy atom. The summed E-state index contributed by atoms with van der Waals surface area (Å²) in [6.45, 7) is 10.9. The van der Waals surface area contributed by atoms with E-state index < -0.39 is 0 Å². The van der Waals surface area contributed by atoms with Crippen molar-refractivity contribution in [3.05, 3.63) is 11.4 Å². The molecular formula is C15H27N3O2. The number of aryl methyl sites for hydroxylation is 1. The van der Waals surface area contributed by atoms with Crippen LogP contribution in [-0.4, -0.2) is 36.3 Å². The van der Waals surface area contributed by atoms with Gasteiger partial charge in [0.1, 0.15) is 18.2 Å². The quantitative estimate of drug-likeness (QED) is 0.668. The first-order valence-corrected chi connectivity index (χ1v) is 7.54. The zero-order valence-corrected chi connectivity index (χ0v) is 13.2. The van der Waals surface area contributed by atoms with Crippen molar-refractivity contribution in [2.45, 2.75) is 47.0 Å². The molecule has 0 atom stereocenters. The van der Waals surface area contributed by atoms with Crippen LogP contribution >= 0.6 is 0 Å². The molecule has 114 valence electrons. The highest BCUT2D eigenvalue weighted by atomic mass is 16.5. The summed E-state index contributed by atoms with van der Waals surface area (Å²) in [5.74, 6) is 2.39. The van der Waals surface area contributed by atoms with E-state index in [0.29, 0.717) is 25.7 Å². The SMILES string of the molecule is CCCNc1nc(CCC)nc(OCCOCC)c1C. The van der Waals surface area contributed by atoms with Gasteiger partial charge in [-0.3, -0.25) is 0 Å². The van der Waals surface area contributed by atoms with Gasteiger partial charge in [-0.05, 0) is 26.7 Å². The van der Waals surface area contributed by atoms with Gasteiger partial charge in [-0.25, -0.2) is 4.98 Å². The molecule has 0 aromatic carbocycles. The largest absolute Gasteiger partial charge is 0.475 e. The lowest BCUT2D eigenvalue weighted by Crippen LogP contribution is -2.12. The molecule has 0 aliphatic carbocycles.